The number of carbonyl (C=O) groups is 1. The number of nitrogen functional groups attached to an aromatic ring is 1. The molecule has 100 valence electrons. The molecule has 18 heavy (non-hydrogen) atoms. The minimum Gasteiger partial charge on any atom is -0.457 e. The van der Waals surface area contributed by atoms with E-state index >= 15 is 0 Å². The van der Waals surface area contributed by atoms with Crippen molar-refractivity contribution < 1.29 is 14.3 Å². The van der Waals surface area contributed by atoms with Crippen molar-refractivity contribution in [2.24, 2.45) is 0 Å². The highest BCUT2D eigenvalue weighted by Crippen LogP contribution is 2.29. The van der Waals surface area contributed by atoms with Gasteiger partial charge in [0.25, 0.3) is 0 Å². The van der Waals surface area contributed by atoms with Crippen LogP contribution in [-0.2, 0) is 9.47 Å². The number of esters is 1. The molecule has 1 atom stereocenters. The van der Waals surface area contributed by atoms with E-state index in [0.717, 1.165) is 0 Å². The minimum absolute atomic E-state index is 0.229. The summed E-state index contributed by atoms with van der Waals surface area (Å²) in [5, 5.41) is 0.457. The van der Waals surface area contributed by atoms with Crippen LogP contribution in [0.25, 0.3) is 0 Å². The molecule has 0 amide bonds. The molecule has 0 aromatic heterocycles. The van der Waals surface area contributed by atoms with Gasteiger partial charge in [-0.2, -0.15) is 0 Å². The first-order chi connectivity index (χ1) is 8.45. The van der Waals surface area contributed by atoms with E-state index in [4.69, 9.17) is 38.4 Å². The fraction of sp³-hybridized carbons (Fsp3) is 0.417. The maximum Gasteiger partial charge on any atom is 0.338 e. The average Bonchev–Trinajstić information content (AvgIpc) is 2.32. The van der Waals surface area contributed by atoms with Crippen LogP contribution in [0.15, 0.2) is 12.1 Å². The number of rotatable bonds is 5. The van der Waals surface area contributed by atoms with E-state index in [1.807, 2.05) is 6.92 Å². The van der Waals surface area contributed by atoms with Gasteiger partial charge in [0.1, 0.15) is 6.10 Å². The molecular weight excluding hydrogens is 277 g/mol. The lowest BCUT2D eigenvalue weighted by molar-refractivity contribution is 0.00440. The molecular formula is C12H15Cl2NO3. The number of ether oxygens (including phenoxy) is 2. The van der Waals surface area contributed by atoms with Gasteiger partial charge in [-0.15, -0.1) is 0 Å². The van der Waals surface area contributed by atoms with Gasteiger partial charge < -0.3 is 15.2 Å². The number of halogens is 2. The van der Waals surface area contributed by atoms with Crippen LogP contribution in [-0.4, -0.2) is 25.3 Å². The molecule has 0 aliphatic heterocycles. The van der Waals surface area contributed by atoms with Crippen LogP contribution in [0.2, 0.25) is 10.0 Å². The lowest BCUT2D eigenvalue weighted by atomic mass is 10.2. The van der Waals surface area contributed by atoms with Crippen LogP contribution in [0.1, 0.15) is 24.2 Å². The largest absolute Gasteiger partial charge is 0.457 e. The highest BCUT2D eigenvalue weighted by atomic mass is 35.5. The molecule has 1 unspecified atom stereocenters. The number of anilines is 1. The van der Waals surface area contributed by atoms with E-state index in [2.05, 4.69) is 0 Å². The second-order valence-corrected chi connectivity index (χ2v) is 4.54. The number of benzene rings is 1. The summed E-state index contributed by atoms with van der Waals surface area (Å²) in [7, 11) is 0. The molecule has 0 heterocycles. The van der Waals surface area contributed by atoms with Gasteiger partial charge in [-0.3, -0.25) is 0 Å². The second-order valence-electron chi connectivity index (χ2n) is 3.73. The predicted octanol–water partition coefficient (Wildman–Crippen LogP) is 3.16. The predicted molar refractivity (Wildman–Crippen MR) is 72.2 cm³/mol. The fourth-order valence-corrected chi connectivity index (χ4v) is 1.76. The standard InChI is InChI=1S/C12H15Cl2NO3/c1-3-17-6-7(2)18-12(16)8-4-9(13)11(15)10(14)5-8/h4-5,7H,3,6,15H2,1-2H3. The zero-order valence-corrected chi connectivity index (χ0v) is 11.7. The number of carbonyl (C=O) groups excluding carboxylic acids is 1. The summed E-state index contributed by atoms with van der Waals surface area (Å²) in [6.07, 6.45) is -0.340. The lowest BCUT2D eigenvalue weighted by Gasteiger charge is -2.13. The smallest absolute Gasteiger partial charge is 0.338 e. The number of nitrogens with two attached hydrogens (primary N) is 1. The normalized spacial score (nSPS) is 12.2. The Morgan fingerprint density at radius 3 is 2.44 bits per heavy atom. The van der Waals surface area contributed by atoms with Crippen molar-refractivity contribution >= 4 is 34.9 Å². The van der Waals surface area contributed by atoms with Crippen LogP contribution in [0.3, 0.4) is 0 Å². The van der Waals surface area contributed by atoms with Crippen molar-refractivity contribution in [1.29, 1.82) is 0 Å². The molecule has 0 aliphatic rings. The third kappa shape index (κ3) is 4.05. The molecule has 0 saturated heterocycles. The van der Waals surface area contributed by atoms with Crippen molar-refractivity contribution in [2.45, 2.75) is 20.0 Å². The summed E-state index contributed by atoms with van der Waals surface area (Å²) in [4.78, 5) is 11.8. The van der Waals surface area contributed by atoms with Crippen LogP contribution in [0.5, 0.6) is 0 Å². The van der Waals surface area contributed by atoms with Crippen molar-refractivity contribution in [3.63, 3.8) is 0 Å². The lowest BCUT2D eigenvalue weighted by Crippen LogP contribution is -2.20. The van der Waals surface area contributed by atoms with Crippen LogP contribution in [0, 0.1) is 0 Å². The summed E-state index contributed by atoms with van der Waals surface area (Å²) in [6, 6.07) is 2.86. The first-order valence-electron chi connectivity index (χ1n) is 5.49. The average molecular weight is 292 g/mol. The molecule has 0 fully saturated rings. The second kappa shape index (κ2) is 6.83. The molecule has 1 aromatic carbocycles. The molecule has 0 saturated carbocycles. The monoisotopic (exact) mass is 291 g/mol. The maximum atomic E-state index is 11.8. The molecule has 0 spiro atoms. The summed E-state index contributed by atoms with van der Waals surface area (Å²) in [6.45, 7) is 4.53. The quantitative estimate of drug-likeness (QED) is 0.669. The van der Waals surface area contributed by atoms with Gasteiger partial charge in [0.15, 0.2) is 0 Å². The van der Waals surface area contributed by atoms with Gasteiger partial charge in [0.05, 0.1) is 27.9 Å². The van der Waals surface area contributed by atoms with Gasteiger partial charge in [0.2, 0.25) is 0 Å². The molecule has 4 nitrogen and oxygen atoms in total. The van der Waals surface area contributed by atoms with Gasteiger partial charge >= 0.3 is 5.97 Å². The number of hydrogen-bond acceptors (Lipinski definition) is 4. The summed E-state index contributed by atoms with van der Waals surface area (Å²) < 4.78 is 10.3. The van der Waals surface area contributed by atoms with Gasteiger partial charge in [-0.05, 0) is 26.0 Å². The SMILES string of the molecule is CCOCC(C)OC(=O)c1cc(Cl)c(N)c(Cl)c1. The first-order valence-corrected chi connectivity index (χ1v) is 6.24. The van der Waals surface area contributed by atoms with Gasteiger partial charge in [-0.1, -0.05) is 23.2 Å². The van der Waals surface area contributed by atoms with Crippen molar-refractivity contribution in [1.82, 2.24) is 0 Å². The minimum atomic E-state index is -0.508. The Labute approximate surface area is 116 Å². The van der Waals surface area contributed by atoms with E-state index < -0.39 is 5.97 Å². The van der Waals surface area contributed by atoms with Gasteiger partial charge in [-0.25, -0.2) is 4.79 Å². The molecule has 6 heteroatoms. The van der Waals surface area contributed by atoms with Crippen LogP contribution in [0.4, 0.5) is 5.69 Å². The Morgan fingerprint density at radius 2 is 1.94 bits per heavy atom. The third-order valence-electron chi connectivity index (χ3n) is 2.18. The van der Waals surface area contributed by atoms with E-state index in [0.29, 0.717) is 13.2 Å². The molecule has 1 aromatic rings. The highest BCUT2D eigenvalue weighted by Gasteiger charge is 2.15. The summed E-state index contributed by atoms with van der Waals surface area (Å²) in [5.74, 6) is -0.508. The van der Waals surface area contributed by atoms with Crippen molar-refractivity contribution in [3.8, 4) is 0 Å². The van der Waals surface area contributed by atoms with Gasteiger partial charge in [0, 0.05) is 6.61 Å². The molecule has 0 bridgehead atoms. The zero-order chi connectivity index (χ0) is 13.7. The third-order valence-corrected chi connectivity index (χ3v) is 2.81. The van der Waals surface area contributed by atoms with Crippen LogP contribution < -0.4 is 5.73 Å². The summed E-state index contributed by atoms with van der Waals surface area (Å²) >= 11 is 11.7. The van der Waals surface area contributed by atoms with E-state index in [9.17, 15) is 4.79 Å². The highest BCUT2D eigenvalue weighted by molar-refractivity contribution is 6.39. The Balaban J connectivity index is 2.73. The Bertz CT molecular complexity index is 414. The maximum absolute atomic E-state index is 11.8. The van der Waals surface area contributed by atoms with E-state index in [1.165, 1.54) is 12.1 Å². The fourth-order valence-electron chi connectivity index (χ4n) is 1.27. The Hall–Kier alpha value is -0.970. The van der Waals surface area contributed by atoms with Crippen LogP contribution >= 0.6 is 23.2 Å². The Morgan fingerprint density at radius 1 is 1.39 bits per heavy atom. The van der Waals surface area contributed by atoms with Crippen molar-refractivity contribution in [2.75, 3.05) is 18.9 Å². The number of hydrogen-bond donors (Lipinski definition) is 1. The topological polar surface area (TPSA) is 61.5 Å². The molecule has 1 rings (SSSR count). The first kappa shape index (κ1) is 15.1. The van der Waals surface area contributed by atoms with E-state index in [1.54, 1.807) is 6.92 Å². The molecule has 0 radical (unpaired) electrons. The Kier molecular flexibility index (Phi) is 5.72. The van der Waals surface area contributed by atoms with Crippen molar-refractivity contribution in [3.05, 3.63) is 27.7 Å². The molecule has 0 aliphatic carbocycles. The molecule has 2 N–H and O–H groups in total. The van der Waals surface area contributed by atoms with E-state index in [-0.39, 0.29) is 27.4 Å². The zero-order valence-electron chi connectivity index (χ0n) is 10.2. The summed E-state index contributed by atoms with van der Waals surface area (Å²) in [5.41, 5.74) is 6.10.